The van der Waals surface area contributed by atoms with Crippen LogP contribution in [0.3, 0.4) is 0 Å². The zero-order valence-electron chi connectivity index (χ0n) is 20.8. The highest BCUT2D eigenvalue weighted by atomic mass is 16.5. The van der Waals surface area contributed by atoms with E-state index in [0.717, 1.165) is 5.56 Å². The van der Waals surface area contributed by atoms with Gasteiger partial charge in [0.1, 0.15) is 23.0 Å². The number of aryl methyl sites for hydroxylation is 1. The van der Waals surface area contributed by atoms with E-state index in [0.29, 0.717) is 47.3 Å². The SMILES string of the molecule is CCOc1cccc(C2/C(=C(\O)c3cc(C)ccc3OC)C(=O)C(=O)N2c2cccc(OCC)c2)c1. The summed E-state index contributed by atoms with van der Waals surface area (Å²) < 4.78 is 16.8. The van der Waals surface area contributed by atoms with Gasteiger partial charge in [-0.05, 0) is 62.7 Å². The lowest BCUT2D eigenvalue weighted by molar-refractivity contribution is -0.132. The standard InChI is InChI=1S/C29H29NO6/c1-5-35-21-11-7-9-19(16-21)26-25(27(31)23-15-18(3)13-14-24(23)34-4)28(32)29(33)30(26)20-10-8-12-22(17-20)36-6-2/h7-17,26,31H,5-6H2,1-4H3/b27-25+. The minimum Gasteiger partial charge on any atom is -0.507 e. The predicted octanol–water partition coefficient (Wildman–Crippen LogP) is 5.43. The van der Waals surface area contributed by atoms with Crippen LogP contribution in [-0.4, -0.2) is 37.1 Å². The van der Waals surface area contributed by atoms with E-state index >= 15 is 0 Å². The Balaban J connectivity index is 1.97. The first kappa shape index (κ1) is 24.9. The fraction of sp³-hybridized carbons (Fsp3) is 0.241. The fourth-order valence-corrected chi connectivity index (χ4v) is 4.40. The number of hydrogen-bond donors (Lipinski definition) is 1. The molecule has 1 heterocycles. The van der Waals surface area contributed by atoms with Gasteiger partial charge in [0, 0.05) is 11.8 Å². The van der Waals surface area contributed by atoms with Crippen molar-refractivity contribution in [3.63, 3.8) is 0 Å². The van der Waals surface area contributed by atoms with Gasteiger partial charge in [-0.15, -0.1) is 0 Å². The maximum Gasteiger partial charge on any atom is 0.300 e. The number of carbonyl (C=O) groups is 2. The highest BCUT2D eigenvalue weighted by molar-refractivity contribution is 6.51. The van der Waals surface area contributed by atoms with E-state index in [2.05, 4.69) is 0 Å². The van der Waals surface area contributed by atoms with Crippen molar-refractivity contribution in [3.8, 4) is 17.2 Å². The molecular weight excluding hydrogens is 458 g/mol. The van der Waals surface area contributed by atoms with E-state index in [1.807, 2.05) is 26.8 Å². The van der Waals surface area contributed by atoms with E-state index in [1.165, 1.54) is 12.0 Å². The van der Waals surface area contributed by atoms with Crippen LogP contribution in [0.5, 0.6) is 17.2 Å². The van der Waals surface area contributed by atoms with Crippen molar-refractivity contribution in [2.24, 2.45) is 0 Å². The number of amides is 1. The van der Waals surface area contributed by atoms with E-state index in [4.69, 9.17) is 14.2 Å². The van der Waals surface area contributed by atoms with Gasteiger partial charge in [0.15, 0.2) is 0 Å². The van der Waals surface area contributed by atoms with E-state index in [-0.39, 0.29) is 11.3 Å². The summed E-state index contributed by atoms with van der Waals surface area (Å²) in [5, 5.41) is 11.5. The number of nitrogens with zero attached hydrogens (tertiary/aromatic N) is 1. The second-order valence-electron chi connectivity index (χ2n) is 8.31. The quantitative estimate of drug-likeness (QED) is 0.259. The Kier molecular flexibility index (Phi) is 7.29. The highest BCUT2D eigenvalue weighted by Gasteiger charge is 2.47. The van der Waals surface area contributed by atoms with Crippen LogP contribution < -0.4 is 19.1 Å². The van der Waals surface area contributed by atoms with E-state index in [9.17, 15) is 14.7 Å². The Morgan fingerprint density at radius 3 is 2.25 bits per heavy atom. The number of ketones is 1. The van der Waals surface area contributed by atoms with Crippen LogP contribution in [-0.2, 0) is 9.59 Å². The molecule has 1 fully saturated rings. The molecule has 0 spiro atoms. The van der Waals surface area contributed by atoms with Crippen molar-refractivity contribution >= 4 is 23.1 Å². The third-order valence-electron chi connectivity index (χ3n) is 5.95. The summed E-state index contributed by atoms with van der Waals surface area (Å²) in [6, 6.07) is 18.6. The normalized spacial score (nSPS) is 16.8. The average molecular weight is 488 g/mol. The lowest BCUT2D eigenvalue weighted by Gasteiger charge is -2.26. The molecule has 36 heavy (non-hydrogen) atoms. The molecule has 1 atom stereocenters. The topological polar surface area (TPSA) is 85.3 Å². The minimum atomic E-state index is -0.896. The molecule has 3 aromatic rings. The van der Waals surface area contributed by atoms with Crippen LogP contribution in [0.4, 0.5) is 5.69 Å². The third-order valence-corrected chi connectivity index (χ3v) is 5.95. The van der Waals surface area contributed by atoms with Crippen molar-refractivity contribution in [3.05, 3.63) is 89.0 Å². The van der Waals surface area contributed by atoms with Gasteiger partial charge in [-0.25, -0.2) is 0 Å². The van der Waals surface area contributed by atoms with Gasteiger partial charge >= 0.3 is 0 Å². The fourth-order valence-electron chi connectivity index (χ4n) is 4.40. The summed E-state index contributed by atoms with van der Waals surface area (Å²) in [5.74, 6) is -0.280. The highest BCUT2D eigenvalue weighted by Crippen LogP contribution is 2.44. The predicted molar refractivity (Wildman–Crippen MR) is 138 cm³/mol. The Morgan fingerprint density at radius 1 is 0.917 bits per heavy atom. The lowest BCUT2D eigenvalue weighted by Crippen LogP contribution is -2.29. The van der Waals surface area contributed by atoms with E-state index in [1.54, 1.807) is 60.7 Å². The van der Waals surface area contributed by atoms with E-state index < -0.39 is 17.7 Å². The molecule has 186 valence electrons. The molecule has 7 nitrogen and oxygen atoms in total. The molecule has 0 aliphatic carbocycles. The molecule has 0 radical (unpaired) electrons. The second-order valence-corrected chi connectivity index (χ2v) is 8.31. The van der Waals surface area contributed by atoms with Gasteiger partial charge in [-0.2, -0.15) is 0 Å². The van der Waals surface area contributed by atoms with Crippen LogP contribution in [0.15, 0.2) is 72.3 Å². The summed E-state index contributed by atoms with van der Waals surface area (Å²) in [6.45, 7) is 6.53. The first-order chi connectivity index (χ1) is 17.4. The molecule has 4 rings (SSSR count). The Labute approximate surface area is 210 Å². The minimum absolute atomic E-state index is 0.0284. The maximum absolute atomic E-state index is 13.5. The number of carbonyl (C=O) groups excluding carboxylic acids is 2. The first-order valence-corrected chi connectivity index (χ1v) is 11.8. The largest absolute Gasteiger partial charge is 0.507 e. The van der Waals surface area contributed by atoms with Crippen molar-refractivity contribution in [2.45, 2.75) is 26.8 Å². The number of anilines is 1. The Hall–Kier alpha value is -4.26. The van der Waals surface area contributed by atoms with Crippen molar-refractivity contribution < 1.29 is 28.9 Å². The molecule has 1 N–H and O–H groups in total. The second kappa shape index (κ2) is 10.6. The number of rotatable bonds is 8. The van der Waals surface area contributed by atoms with Crippen LogP contribution in [0.1, 0.15) is 36.6 Å². The van der Waals surface area contributed by atoms with Crippen molar-refractivity contribution in [1.29, 1.82) is 0 Å². The molecule has 0 bridgehead atoms. The molecule has 3 aromatic carbocycles. The van der Waals surface area contributed by atoms with Gasteiger partial charge in [-0.3, -0.25) is 14.5 Å². The molecule has 0 aromatic heterocycles. The molecule has 1 saturated heterocycles. The van der Waals surface area contributed by atoms with Crippen LogP contribution in [0, 0.1) is 6.92 Å². The van der Waals surface area contributed by atoms with Gasteiger partial charge in [0.05, 0.1) is 37.5 Å². The summed E-state index contributed by atoms with van der Waals surface area (Å²) in [4.78, 5) is 28.3. The molecule has 1 unspecified atom stereocenters. The molecule has 1 aliphatic rings. The molecule has 1 aliphatic heterocycles. The van der Waals surface area contributed by atoms with Gasteiger partial charge in [0.25, 0.3) is 11.7 Å². The number of aliphatic hydroxyl groups excluding tert-OH is 1. The maximum atomic E-state index is 13.5. The zero-order valence-corrected chi connectivity index (χ0v) is 20.8. The van der Waals surface area contributed by atoms with Crippen LogP contribution in [0.2, 0.25) is 0 Å². The Bertz CT molecular complexity index is 1330. The zero-order chi connectivity index (χ0) is 25.8. The van der Waals surface area contributed by atoms with Gasteiger partial charge < -0.3 is 19.3 Å². The average Bonchev–Trinajstić information content (AvgIpc) is 3.14. The first-order valence-electron chi connectivity index (χ1n) is 11.8. The smallest absolute Gasteiger partial charge is 0.300 e. The number of hydrogen-bond acceptors (Lipinski definition) is 6. The molecule has 1 amide bonds. The number of methoxy groups -OCH3 is 1. The number of aliphatic hydroxyl groups is 1. The third kappa shape index (κ3) is 4.64. The molecule has 0 saturated carbocycles. The monoisotopic (exact) mass is 487 g/mol. The molecular formula is C29H29NO6. The Morgan fingerprint density at radius 2 is 1.58 bits per heavy atom. The number of Topliss-reactive ketones (excluding diaryl/α,β-unsaturated/α-hetero) is 1. The van der Waals surface area contributed by atoms with Crippen molar-refractivity contribution in [2.75, 3.05) is 25.2 Å². The summed E-state index contributed by atoms with van der Waals surface area (Å²) >= 11 is 0. The van der Waals surface area contributed by atoms with Crippen LogP contribution in [0.25, 0.3) is 5.76 Å². The number of benzene rings is 3. The van der Waals surface area contributed by atoms with Crippen molar-refractivity contribution in [1.82, 2.24) is 0 Å². The summed E-state index contributed by atoms with van der Waals surface area (Å²) in [5.41, 5.74) is 2.27. The van der Waals surface area contributed by atoms with Crippen LogP contribution >= 0.6 is 0 Å². The number of ether oxygens (including phenoxy) is 3. The summed E-state index contributed by atoms with van der Waals surface area (Å²) in [6.07, 6.45) is 0. The summed E-state index contributed by atoms with van der Waals surface area (Å²) in [7, 11) is 1.49. The lowest BCUT2D eigenvalue weighted by atomic mass is 9.94. The van der Waals surface area contributed by atoms with Gasteiger partial charge in [0.2, 0.25) is 0 Å². The molecule has 7 heteroatoms. The van der Waals surface area contributed by atoms with Gasteiger partial charge in [-0.1, -0.05) is 29.8 Å².